The molecular weight excluding hydrogens is 463 g/mol. The maximum absolute atomic E-state index is 12.8. The summed E-state index contributed by atoms with van der Waals surface area (Å²) in [5.74, 6) is -0.635. The van der Waals surface area contributed by atoms with Crippen LogP contribution in [0.25, 0.3) is 10.9 Å². The van der Waals surface area contributed by atoms with Gasteiger partial charge < -0.3 is 24.6 Å². The maximum atomic E-state index is 12.8. The molecular formula is C24H24F3N5O3. The topological polar surface area (TPSA) is 85.7 Å². The third-order valence-electron chi connectivity index (χ3n) is 6.09. The van der Waals surface area contributed by atoms with Crippen molar-refractivity contribution in [2.24, 2.45) is 10.1 Å². The summed E-state index contributed by atoms with van der Waals surface area (Å²) in [5.41, 5.74) is 2.70. The highest BCUT2D eigenvalue weighted by Gasteiger charge is 2.33. The number of piperazine rings is 1. The fraction of sp³-hybridized carbons (Fsp3) is 0.333. The molecule has 5 rings (SSSR count). The van der Waals surface area contributed by atoms with Gasteiger partial charge >= 0.3 is 6.36 Å². The van der Waals surface area contributed by atoms with Gasteiger partial charge in [-0.3, -0.25) is 4.90 Å². The zero-order valence-electron chi connectivity index (χ0n) is 19.0. The van der Waals surface area contributed by atoms with Gasteiger partial charge in [-0.15, -0.1) is 13.2 Å². The minimum atomic E-state index is -4.84. The van der Waals surface area contributed by atoms with E-state index < -0.39 is 12.1 Å². The highest BCUT2D eigenvalue weighted by atomic mass is 19.4. The van der Waals surface area contributed by atoms with Gasteiger partial charge in [-0.05, 0) is 31.3 Å². The van der Waals surface area contributed by atoms with Crippen LogP contribution in [0.5, 0.6) is 11.6 Å². The molecule has 2 aliphatic heterocycles. The Bertz CT molecular complexity index is 1290. The van der Waals surface area contributed by atoms with E-state index in [-0.39, 0.29) is 11.4 Å². The Morgan fingerprint density at radius 2 is 1.89 bits per heavy atom. The standard InChI is InChI=1S/C24H24F3N5O3/c1-31-8-10-32(11-9-31)12-13-34-30-21-16-4-2-3-5-18(16)28-22(21)20-17-14-15(35-24(25,26)27)6-7-19(17)29-23(20)33/h2-7,14,29,33H,8-13H2,1H3/b30-21+. The summed E-state index contributed by atoms with van der Waals surface area (Å²) in [4.78, 5) is 17.6. The van der Waals surface area contributed by atoms with Gasteiger partial charge in [-0.25, -0.2) is 4.99 Å². The van der Waals surface area contributed by atoms with Crippen LogP contribution < -0.4 is 4.74 Å². The maximum Gasteiger partial charge on any atom is 0.573 e. The van der Waals surface area contributed by atoms with Crippen molar-refractivity contribution in [3.63, 3.8) is 0 Å². The number of nitrogens with one attached hydrogen (secondary N) is 1. The summed E-state index contributed by atoms with van der Waals surface area (Å²) in [6, 6.07) is 11.1. The number of aromatic hydroxyl groups is 1. The lowest BCUT2D eigenvalue weighted by Gasteiger charge is -2.31. The number of halogens is 3. The van der Waals surface area contributed by atoms with Crippen molar-refractivity contribution in [1.29, 1.82) is 0 Å². The van der Waals surface area contributed by atoms with Crippen LogP contribution in [0.2, 0.25) is 0 Å². The number of likely N-dealkylation sites (N-methyl/N-ethyl adjacent to an activating group) is 1. The Morgan fingerprint density at radius 3 is 2.66 bits per heavy atom. The second-order valence-corrected chi connectivity index (χ2v) is 8.50. The predicted molar refractivity (Wildman–Crippen MR) is 126 cm³/mol. The molecule has 0 aliphatic carbocycles. The Balaban J connectivity index is 1.44. The minimum absolute atomic E-state index is 0.227. The number of hydrogen-bond acceptors (Lipinski definition) is 7. The Morgan fingerprint density at radius 1 is 1.11 bits per heavy atom. The average Bonchev–Trinajstić information content (AvgIpc) is 3.32. The second kappa shape index (κ2) is 9.23. The highest BCUT2D eigenvalue weighted by molar-refractivity contribution is 6.58. The monoisotopic (exact) mass is 487 g/mol. The molecule has 2 aromatic carbocycles. The van der Waals surface area contributed by atoms with Crippen LogP contribution in [0.15, 0.2) is 52.6 Å². The minimum Gasteiger partial charge on any atom is -0.494 e. The zero-order valence-corrected chi connectivity index (χ0v) is 19.0. The molecule has 3 heterocycles. The zero-order chi connectivity index (χ0) is 24.6. The summed E-state index contributed by atoms with van der Waals surface area (Å²) in [6.45, 7) is 4.99. The molecule has 2 aliphatic rings. The van der Waals surface area contributed by atoms with E-state index in [1.165, 1.54) is 18.2 Å². The van der Waals surface area contributed by atoms with Crippen molar-refractivity contribution >= 4 is 28.0 Å². The van der Waals surface area contributed by atoms with Gasteiger partial charge in [0.05, 0.1) is 11.3 Å². The molecule has 8 nitrogen and oxygen atoms in total. The van der Waals surface area contributed by atoms with Crippen LogP contribution in [0.1, 0.15) is 11.1 Å². The number of aromatic amines is 1. The molecule has 1 saturated heterocycles. The van der Waals surface area contributed by atoms with Gasteiger partial charge in [0, 0.05) is 49.2 Å². The molecule has 0 bridgehead atoms. The number of H-pyrrole nitrogens is 1. The molecule has 0 radical (unpaired) electrons. The number of oxime groups is 1. The number of aliphatic imine (C=N–C) groups is 1. The number of alkyl halides is 3. The van der Waals surface area contributed by atoms with Crippen molar-refractivity contribution in [3.8, 4) is 11.6 Å². The van der Waals surface area contributed by atoms with Crippen LogP contribution in [-0.2, 0) is 4.84 Å². The lowest BCUT2D eigenvalue weighted by Crippen LogP contribution is -2.45. The number of aromatic nitrogens is 1. The van der Waals surface area contributed by atoms with Crippen molar-refractivity contribution < 1.29 is 27.9 Å². The summed E-state index contributed by atoms with van der Waals surface area (Å²) >= 11 is 0. The van der Waals surface area contributed by atoms with E-state index in [4.69, 9.17) is 4.84 Å². The van der Waals surface area contributed by atoms with E-state index >= 15 is 0 Å². The molecule has 0 amide bonds. The van der Waals surface area contributed by atoms with Crippen molar-refractivity contribution in [1.82, 2.24) is 14.8 Å². The molecule has 0 unspecified atom stereocenters. The first-order valence-corrected chi connectivity index (χ1v) is 11.2. The Labute approximate surface area is 199 Å². The largest absolute Gasteiger partial charge is 0.573 e. The third-order valence-corrected chi connectivity index (χ3v) is 6.09. The number of nitrogens with zero attached hydrogens (tertiary/aromatic N) is 4. The fourth-order valence-corrected chi connectivity index (χ4v) is 4.28. The molecule has 3 aromatic rings. The number of para-hydroxylation sites is 1. The lowest BCUT2D eigenvalue weighted by atomic mass is 10.0. The normalized spacial score (nSPS) is 18.2. The lowest BCUT2D eigenvalue weighted by molar-refractivity contribution is -0.274. The summed E-state index contributed by atoms with van der Waals surface area (Å²) in [5, 5.41) is 15.3. The van der Waals surface area contributed by atoms with E-state index in [2.05, 4.69) is 36.7 Å². The van der Waals surface area contributed by atoms with Crippen molar-refractivity contribution in [3.05, 3.63) is 53.6 Å². The van der Waals surface area contributed by atoms with Crippen LogP contribution in [0.4, 0.5) is 18.9 Å². The summed E-state index contributed by atoms with van der Waals surface area (Å²) in [6.07, 6.45) is -4.84. The van der Waals surface area contributed by atoms with E-state index in [1.54, 1.807) is 6.07 Å². The first kappa shape index (κ1) is 23.2. The average molecular weight is 487 g/mol. The molecule has 0 saturated carbocycles. The summed E-state index contributed by atoms with van der Waals surface area (Å²) in [7, 11) is 2.09. The SMILES string of the molecule is CN1CCN(CCO/N=C2/C(c3c(O)[nH]c4ccc(OC(F)(F)F)cc34)=Nc3ccccc32)CC1. The molecule has 0 spiro atoms. The van der Waals surface area contributed by atoms with E-state index in [1.807, 2.05) is 18.2 Å². The van der Waals surface area contributed by atoms with Crippen molar-refractivity contribution in [2.45, 2.75) is 6.36 Å². The molecule has 11 heteroatoms. The smallest absolute Gasteiger partial charge is 0.494 e. The molecule has 184 valence electrons. The molecule has 1 fully saturated rings. The van der Waals surface area contributed by atoms with E-state index in [9.17, 15) is 18.3 Å². The van der Waals surface area contributed by atoms with Crippen LogP contribution in [0.3, 0.4) is 0 Å². The van der Waals surface area contributed by atoms with Crippen LogP contribution in [-0.4, -0.2) is 84.1 Å². The third kappa shape index (κ3) is 4.96. The first-order valence-electron chi connectivity index (χ1n) is 11.2. The number of ether oxygens (including phenoxy) is 1. The van der Waals surface area contributed by atoms with E-state index in [0.717, 1.165) is 32.7 Å². The molecule has 1 aromatic heterocycles. The molecule has 35 heavy (non-hydrogen) atoms. The molecule has 2 N–H and O–H groups in total. The van der Waals surface area contributed by atoms with Gasteiger partial charge in [0.2, 0.25) is 0 Å². The number of fused-ring (bicyclic) bond motifs is 2. The Kier molecular flexibility index (Phi) is 6.12. The fourth-order valence-electron chi connectivity index (χ4n) is 4.28. The number of hydrogen-bond donors (Lipinski definition) is 2. The van der Waals surface area contributed by atoms with Crippen LogP contribution in [0, 0.1) is 0 Å². The quantitative estimate of drug-likeness (QED) is 0.407. The van der Waals surface area contributed by atoms with Gasteiger partial charge in [-0.1, -0.05) is 23.4 Å². The van der Waals surface area contributed by atoms with E-state index in [0.29, 0.717) is 40.2 Å². The second-order valence-electron chi connectivity index (χ2n) is 8.50. The van der Waals surface area contributed by atoms with Gasteiger partial charge in [0.15, 0.2) is 5.88 Å². The number of rotatable bonds is 6. The van der Waals surface area contributed by atoms with Crippen LogP contribution >= 0.6 is 0 Å². The van der Waals surface area contributed by atoms with Gasteiger partial charge in [-0.2, -0.15) is 0 Å². The first-order chi connectivity index (χ1) is 16.8. The van der Waals surface area contributed by atoms with Crippen molar-refractivity contribution in [2.75, 3.05) is 46.4 Å². The summed E-state index contributed by atoms with van der Waals surface area (Å²) < 4.78 is 42.4. The van der Waals surface area contributed by atoms with Gasteiger partial charge in [0.25, 0.3) is 0 Å². The van der Waals surface area contributed by atoms with Gasteiger partial charge in [0.1, 0.15) is 23.8 Å². The molecule has 0 atom stereocenters. The predicted octanol–water partition coefficient (Wildman–Crippen LogP) is 3.87. The Hall–Kier alpha value is -3.57. The highest BCUT2D eigenvalue weighted by Crippen LogP contribution is 2.37. The number of benzene rings is 2.